The first-order valence-corrected chi connectivity index (χ1v) is 3.48. The molecule has 0 aliphatic carbocycles. The summed E-state index contributed by atoms with van der Waals surface area (Å²) in [6, 6.07) is 0.292. The summed E-state index contributed by atoms with van der Waals surface area (Å²) in [5.41, 5.74) is 0. The van der Waals surface area contributed by atoms with Crippen LogP contribution in [0.15, 0.2) is 0 Å². The lowest BCUT2D eigenvalue weighted by Gasteiger charge is -2.14. The fourth-order valence-electron chi connectivity index (χ4n) is 0.566. The third-order valence-electron chi connectivity index (χ3n) is 1.21. The molecule has 0 amide bonds. The minimum Gasteiger partial charge on any atom is -0.303 e. The molecule has 0 aliphatic rings. The third kappa shape index (κ3) is 5.72. The summed E-state index contributed by atoms with van der Waals surface area (Å²) < 4.78 is 0. The van der Waals surface area contributed by atoms with Gasteiger partial charge in [-0.3, -0.25) is 4.90 Å². The fourth-order valence-corrected chi connectivity index (χ4v) is 0.566. The number of carbonyl (C=O) groups excluding carboxylic acids is 1. The molecular formula is C7H16N2O. The summed E-state index contributed by atoms with van der Waals surface area (Å²) in [5.74, 6) is 0. The highest BCUT2D eigenvalue weighted by Gasteiger charge is 1.98. The molecule has 0 spiro atoms. The SMILES string of the molecule is CC(CC=O)NCN(C)C. The molecule has 10 heavy (non-hydrogen) atoms. The van der Waals surface area contributed by atoms with E-state index in [1.165, 1.54) is 0 Å². The van der Waals surface area contributed by atoms with Crippen molar-refractivity contribution in [2.24, 2.45) is 0 Å². The molecular weight excluding hydrogens is 128 g/mol. The number of nitrogens with one attached hydrogen (secondary N) is 1. The van der Waals surface area contributed by atoms with Gasteiger partial charge in [-0.05, 0) is 21.0 Å². The van der Waals surface area contributed by atoms with Gasteiger partial charge in [0.1, 0.15) is 6.29 Å². The summed E-state index contributed by atoms with van der Waals surface area (Å²) in [6.45, 7) is 2.83. The molecule has 3 heteroatoms. The van der Waals surface area contributed by atoms with E-state index in [1.54, 1.807) is 0 Å². The van der Waals surface area contributed by atoms with Crippen molar-refractivity contribution < 1.29 is 4.79 Å². The van der Waals surface area contributed by atoms with Gasteiger partial charge in [0.2, 0.25) is 0 Å². The van der Waals surface area contributed by atoms with Crippen molar-refractivity contribution in [3.8, 4) is 0 Å². The molecule has 0 aromatic rings. The van der Waals surface area contributed by atoms with Gasteiger partial charge in [0, 0.05) is 19.1 Å². The lowest BCUT2D eigenvalue weighted by atomic mass is 10.3. The second-order valence-electron chi connectivity index (χ2n) is 2.75. The van der Waals surface area contributed by atoms with Crippen LogP contribution in [0.3, 0.4) is 0 Å². The van der Waals surface area contributed by atoms with E-state index in [0.29, 0.717) is 12.5 Å². The molecule has 3 nitrogen and oxygen atoms in total. The van der Waals surface area contributed by atoms with Gasteiger partial charge in [-0.15, -0.1) is 0 Å². The summed E-state index contributed by atoms with van der Waals surface area (Å²) in [4.78, 5) is 12.0. The van der Waals surface area contributed by atoms with Crippen LogP contribution in [0.1, 0.15) is 13.3 Å². The zero-order valence-electron chi connectivity index (χ0n) is 6.92. The normalized spacial score (nSPS) is 13.6. The number of carbonyl (C=O) groups is 1. The molecule has 0 aromatic carbocycles. The molecule has 60 valence electrons. The van der Waals surface area contributed by atoms with Crippen LogP contribution in [0.25, 0.3) is 0 Å². The van der Waals surface area contributed by atoms with Crippen molar-refractivity contribution in [2.75, 3.05) is 20.8 Å². The average Bonchev–Trinajstić information content (AvgIpc) is 1.85. The van der Waals surface area contributed by atoms with E-state index in [1.807, 2.05) is 25.9 Å². The van der Waals surface area contributed by atoms with E-state index in [-0.39, 0.29) is 0 Å². The second kappa shape index (κ2) is 5.38. The Morgan fingerprint density at radius 2 is 2.20 bits per heavy atom. The van der Waals surface area contributed by atoms with Crippen LogP contribution in [0.4, 0.5) is 0 Å². The quantitative estimate of drug-likeness (QED) is 0.438. The van der Waals surface area contributed by atoms with E-state index in [0.717, 1.165) is 13.0 Å². The van der Waals surface area contributed by atoms with Gasteiger partial charge in [-0.25, -0.2) is 0 Å². The lowest BCUT2D eigenvalue weighted by Crippen LogP contribution is -2.34. The van der Waals surface area contributed by atoms with E-state index < -0.39 is 0 Å². The standard InChI is InChI=1S/C7H16N2O/c1-7(4-5-10)8-6-9(2)3/h5,7-8H,4,6H2,1-3H3. The maximum atomic E-state index is 10.0. The van der Waals surface area contributed by atoms with Crippen LogP contribution in [-0.2, 0) is 4.79 Å². The molecule has 0 aliphatic heterocycles. The molecule has 1 N–H and O–H groups in total. The molecule has 0 heterocycles. The van der Waals surface area contributed by atoms with Crippen LogP contribution >= 0.6 is 0 Å². The van der Waals surface area contributed by atoms with Crippen LogP contribution < -0.4 is 5.32 Å². The Kier molecular flexibility index (Phi) is 5.16. The molecule has 0 saturated heterocycles. The highest BCUT2D eigenvalue weighted by atomic mass is 16.1. The number of nitrogens with zero attached hydrogens (tertiary/aromatic N) is 1. The van der Waals surface area contributed by atoms with Gasteiger partial charge in [-0.1, -0.05) is 0 Å². The van der Waals surface area contributed by atoms with Gasteiger partial charge in [0.25, 0.3) is 0 Å². The molecule has 0 radical (unpaired) electrons. The first-order chi connectivity index (χ1) is 4.66. The molecule has 1 atom stereocenters. The first-order valence-electron chi connectivity index (χ1n) is 3.48. The largest absolute Gasteiger partial charge is 0.303 e. The van der Waals surface area contributed by atoms with Crippen molar-refractivity contribution in [3.63, 3.8) is 0 Å². The minimum atomic E-state index is 0.292. The fraction of sp³-hybridized carbons (Fsp3) is 0.857. The van der Waals surface area contributed by atoms with Crippen LogP contribution in [0.5, 0.6) is 0 Å². The van der Waals surface area contributed by atoms with Gasteiger partial charge in [0.15, 0.2) is 0 Å². The molecule has 0 rings (SSSR count). The maximum Gasteiger partial charge on any atom is 0.121 e. The van der Waals surface area contributed by atoms with Gasteiger partial charge >= 0.3 is 0 Å². The zero-order chi connectivity index (χ0) is 7.98. The number of hydrogen-bond donors (Lipinski definition) is 1. The van der Waals surface area contributed by atoms with Gasteiger partial charge < -0.3 is 10.1 Å². The maximum absolute atomic E-state index is 10.0. The zero-order valence-corrected chi connectivity index (χ0v) is 6.92. The van der Waals surface area contributed by atoms with Crippen molar-refractivity contribution in [1.82, 2.24) is 10.2 Å². The van der Waals surface area contributed by atoms with Gasteiger partial charge in [0.05, 0.1) is 0 Å². The van der Waals surface area contributed by atoms with Crippen LogP contribution in [-0.4, -0.2) is 38.0 Å². The highest BCUT2D eigenvalue weighted by molar-refractivity contribution is 5.50. The van der Waals surface area contributed by atoms with Crippen LogP contribution in [0, 0.1) is 0 Å². The molecule has 0 saturated carbocycles. The molecule has 1 unspecified atom stereocenters. The van der Waals surface area contributed by atoms with E-state index >= 15 is 0 Å². The van der Waals surface area contributed by atoms with Crippen molar-refractivity contribution in [2.45, 2.75) is 19.4 Å². The minimum absolute atomic E-state index is 0.292. The molecule has 0 aromatic heterocycles. The summed E-state index contributed by atoms with van der Waals surface area (Å²) in [5, 5.41) is 3.18. The van der Waals surface area contributed by atoms with E-state index in [9.17, 15) is 4.79 Å². The average molecular weight is 144 g/mol. The monoisotopic (exact) mass is 144 g/mol. The Balaban J connectivity index is 3.20. The number of aldehydes is 1. The number of hydrogen-bond acceptors (Lipinski definition) is 3. The Hall–Kier alpha value is -0.410. The Morgan fingerprint density at radius 3 is 2.60 bits per heavy atom. The summed E-state index contributed by atoms with van der Waals surface area (Å²) in [7, 11) is 3.97. The van der Waals surface area contributed by atoms with Crippen LogP contribution in [0.2, 0.25) is 0 Å². The molecule has 0 fully saturated rings. The topological polar surface area (TPSA) is 32.3 Å². The Bertz CT molecular complexity index is 93.6. The summed E-state index contributed by atoms with van der Waals surface area (Å²) in [6.07, 6.45) is 1.53. The lowest BCUT2D eigenvalue weighted by molar-refractivity contribution is -0.108. The second-order valence-corrected chi connectivity index (χ2v) is 2.75. The molecule has 0 bridgehead atoms. The predicted octanol–water partition coefficient (Wildman–Crippen LogP) is 0.0726. The van der Waals surface area contributed by atoms with Gasteiger partial charge in [-0.2, -0.15) is 0 Å². The Morgan fingerprint density at radius 1 is 1.60 bits per heavy atom. The third-order valence-corrected chi connectivity index (χ3v) is 1.21. The predicted molar refractivity (Wildman–Crippen MR) is 41.8 cm³/mol. The first kappa shape index (κ1) is 9.59. The highest BCUT2D eigenvalue weighted by Crippen LogP contribution is 1.84. The van der Waals surface area contributed by atoms with Crippen molar-refractivity contribution in [1.29, 1.82) is 0 Å². The summed E-state index contributed by atoms with van der Waals surface area (Å²) >= 11 is 0. The smallest absolute Gasteiger partial charge is 0.121 e. The number of rotatable bonds is 5. The van der Waals surface area contributed by atoms with E-state index in [2.05, 4.69) is 5.32 Å². The van der Waals surface area contributed by atoms with E-state index in [4.69, 9.17) is 0 Å². The van der Waals surface area contributed by atoms with Crippen molar-refractivity contribution in [3.05, 3.63) is 0 Å². The Labute approximate surface area is 62.4 Å². The van der Waals surface area contributed by atoms with Crippen molar-refractivity contribution >= 4 is 6.29 Å².